The number of aromatic nitrogens is 4. The lowest BCUT2D eigenvalue weighted by atomic mass is 10.1. The highest BCUT2D eigenvalue weighted by Crippen LogP contribution is 2.29. The lowest BCUT2D eigenvalue weighted by molar-refractivity contribution is 0.0600. The number of nitrogens with zero attached hydrogens (tertiary/aromatic N) is 4. The van der Waals surface area contributed by atoms with Crippen molar-refractivity contribution in [2.24, 2.45) is 0 Å². The molecule has 0 radical (unpaired) electrons. The lowest BCUT2D eigenvalue weighted by Gasteiger charge is -2.11. The Morgan fingerprint density at radius 2 is 1.61 bits per heavy atom. The molecular formula is C24H22N4O2S. The molecule has 0 aliphatic rings. The molecule has 0 fully saturated rings. The molecular weight excluding hydrogens is 408 g/mol. The average Bonchev–Trinajstić information content (AvgIpc) is 3.27. The minimum absolute atomic E-state index is 0.337. The molecule has 4 aromatic rings. The third-order valence-electron chi connectivity index (χ3n) is 4.92. The molecule has 4 rings (SSSR count). The molecule has 0 spiro atoms. The molecule has 2 aromatic carbocycles. The number of carbonyl (C=O) groups excluding carboxylic acids is 1. The number of esters is 1. The number of ether oxygens (including phenoxy) is 1. The molecule has 0 N–H and O–H groups in total. The topological polar surface area (TPSA) is 69.9 Å². The molecule has 0 amide bonds. The normalized spacial score (nSPS) is 10.8. The minimum atomic E-state index is -0.337. The van der Waals surface area contributed by atoms with Gasteiger partial charge >= 0.3 is 5.97 Å². The fraction of sp³-hybridized carbons (Fsp3) is 0.167. The molecule has 0 bridgehead atoms. The summed E-state index contributed by atoms with van der Waals surface area (Å²) < 4.78 is 6.83. The molecule has 0 aliphatic carbocycles. The summed E-state index contributed by atoms with van der Waals surface area (Å²) in [6.45, 7) is 2.14. The highest BCUT2D eigenvalue weighted by Gasteiger charge is 2.16. The smallest absolute Gasteiger partial charge is 0.337 e. The van der Waals surface area contributed by atoms with Gasteiger partial charge in [-0.25, -0.2) is 4.79 Å². The summed E-state index contributed by atoms with van der Waals surface area (Å²) in [6, 6.07) is 19.7. The first kappa shape index (κ1) is 20.8. The van der Waals surface area contributed by atoms with Crippen molar-refractivity contribution in [3.63, 3.8) is 0 Å². The van der Waals surface area contributed by atoms with E-state index in [0.29, 0.717) is 11.3 Å². The zero-order valence-corrected chi connectivity index (χ0v) is 18.2. The van der Waals surface area contributed by atoms with Gasteiger partial charge in [0, 0.05) is 29.4 Å². The quantitative estimate of drug-likeness (QED) is 0.305. The van der Waals surface area contributed by atoms with Gasteiger partial charge in [-0.05, 0) is 53.9 Å². The van der Waals surface area contributed by atoms with Gasteiger partial charge in [0.15, 0.2) is 11.0 Å². The summed E-state index contributed by atoms with van der Waals surface area (Å²) in [6.07, 6.45) is 4.50. The monoisotopic (exact) mass is 430 g/mol. The Bertz CT molecular complexity index is 1160. The summed E-state index contributed by atoms with van der Waals surface area (Å²) >= 11 is 1.60. The number of aryl methyl sites for hydroxylation is 1. The van der Waals surface area contributed by atoms with Gasteiger partial charge in [-0.2, -0.15) is 0 Å². The fourth-order valence-corrected chi connectivity index (χ4v) is 4.08. The first-order valence-electron chi connectivity index (χ1n) is 9.94. The highest BCUT2D eigenvalue weighted by atomic mass is 32.2. The SMILES string of the molecule is CCc1ccc(-n2c(SCc3ccc(C(=O)OC)cc3)nnc2-c2ccncc2)cc1. The van der Waals surface area contributed by atoms with E-state index in [4.69, 9.17) is 4.74 Å². The number of benzene rings is 2. The van der Waals surface area contributed by atoms with Crippen LogP contribution < -0.4 is 0 Å². The standard InChI is InChI=1S/C24H22N4O2S/c1-3-17-6-10-21(11-7-17)28-22(19-12-14-25-15-13-19)26-27-24(28)31-16-18-4-8-20(9-5-18)23(29)30-2/h4-15H,3,16H2,1-2H3. The van der Waals surface area contributed by atoms with Gasteiger partial charge < -0.3 is 4.74 Å². The van der Waals surface area contributed by atoms with Crippen LogP contribution >= 0.6 is 11.8 Å². The molecule has 2 heterocycles. The van der Waals surface area contributed by atoms with Crippen LogP contribution in [0.4, 0.5) is 0 Å². The second-order valence-corrected chi connectivity index (χ2v) is 7.82. The minimum Gasteiger partial charge on any atom is -0.465 e. The van der Waals surface area contributed by atoms with Crippen LogP contribution in [0.25, 0.3) is 17.1 Å². The molecule has 156 valence electrons. The second-order valence-electron chi connectivity index (χ2n) is 6.87. The van der Waals surface area contributed by atoms with E-state index in [1.165, 1.54) is 12.7 Å². The predicted octanol–water partition coefficient (Wildman–Crippen LogP) is 4.97. The van der Waals surface area contributed by atoms with E-state index in [2.05, 4.69) is 50.9 Å². The van der Waals surface area contributed by atoms with E-state index >= 15 is 0 Å². The summed E-state index contributed by atoms with van der Waals surface area (Å²) in [7, 11) is 1.38. The highest BCUT2D eigenvalue weighted by molar-refractivity contribution is 7.98. The molecule has 0 saturated heterocycles. The number of hydrogen-bond donors (Lipinski definition) is 0. The van der Waals surface area contributed by atoms with Crippen molar-refractivity contribution in [1.29, 1.82) is 0 Å². The Hall–Kier alpha value is -3.45. The largest absolute Gasteiger partial charge is 0.465 e. The molecule has 7 heteroatoms. The maximum absolute atomic E-state index is 11.6. The summed E-state index contributed by atoms with van der Waals surface area (Å²) in [5.41, 5.74) is 4.87. The molecule has 0 saturated carbocycles. The number of hydrogen-bond acceptors (Lipinski definition) is 6. The Balaban J connectivity index is 1.64. The first-order valence-corrected chi connectivity index (χ1v) is 10.9. The maximum atomic E-state index is 11.6. The number of rotatable bonds is 7. The number of thioether (sulfide) groups is 1. The molecule has 2 aromatic heterocycles. The van der Waals surface area contributed by atoms with Crippen molar-refractivity contribution in [3.05, 3.63) is 89.7 Å². The van der Waals surface area contributed by atoms with Gasteiger partial charge in [-0.1, -0.05) is 43.0 Å². The average molecular weight is 431 g/mol. The number of pyridine rings is 1. The zero-order chi connectivity index (χ0) is 21.6. The Labute approximate surface area is 185 Å². The maximum Gasteiger partial charge on any atom is 0.337 e. The molecule has 0 aliphatic heterocycles. The first-order chi connectivity index (χ1) is 15.2. The van der Waals surface area contributed by atoms with Crippen LogP contribution in [-0.2, 0) is 16.9 Å². The van der Waals surface area contributed by atoms with Gasteiger partial charge in [0.25, 0.3) is 0 Å². The van der Waals surface area contributed by atoms with Crippen molar-refractivity contribution < 1.29 is 9.53 Å². The van der Waals surface area contributed by atoms with Crippen LogP contribution in [-0.4, -0.2) is 32.8 Å². The summed E-state index contributed by atoms with van der Waals surface area (Å²) in [4.78, 5) is 15.7. The third kappa shape index (κ3) is 4.67. The number of methoxy groups -OCH3 is 1. The van der Waals surface area contributed by atoms with Gasteiger partial charge in [0.2, 0.25) is 0 Å². The van der Waals surface area contributed by atoms with Gasteiger partial charge in [-0.15, -0.1) is 10.2 Å². The van der Waals surface area contributed by atoms with E-state index in [1.54, 1.807) is 36.3 Å². The van der Waals surface area contributed by atoms with Crippen molar-refractivity contribution in [2.75, 3.05) is 7.11 Å². The van der Waals surface area contributed by atoms with Crippen LogP contribution in [0.5, 0.6) is 0 Å². The van der Waals surface area contributed by atoms with Crippen LogP contribution in [0.2, 0.25) is 0 Å². The van der Waals surface area contributed by atoms with Gasteiger partial charge in [-0.3, -0.25) is 9.55 Å². The molecule has 0 unspecified atom stereocenters. The van der Waals surface area contributed by atoms with E-state index in [0.717, 1.165) is 34.2 Å². The Morgan fingerprint density at radius 1 is 0.935 bits per heavy atom. The fourth-order valence-electron chi connectivity index (χ4n) is 3.17. The van der Waals surface area contributed by atoms with Crippen molar-refractivity contribution in [1.82, 2.24) is 19.7 Å². The van der Waals surface area contributed by atoms with E-state index in [9.17, 15) is 4.79 Å². The summed E-state index contributed by atoms with van der Waals surface area (Å²) in [5.74, 6) is 1.13. The van der Waals surface area contributed by atoms with Crippen LogP contribution in [0.3, 0.4) is 0 Å². The van der Waals surface area contributed by atoms with Crippen molar-refractivity contribution in [3.8, 4) is 17.1 Å². The van der Waals surface area contributed by atoms with Crippen LogP contribution in [0.15, 0.2) is 78.2 Å². The molecule has 0 atom stereocenters. The second kappa shape index (κ2) is 9.57. The zero-order valence-electron chi connectivity index (χ0n) is 17.4. The van der Waals surface area contributed by atoms with Crippen molar-refractivity contribution >= 4 is 17.7 Å². The van der Waals surface area contributed by atoms with Crippen LogP contribution in [0, 0.1) is 0 Å². The Morgan fingerprint density at radius 3 is 2.26 bits per heavy atom. The Kier molecular flexibility index (Phi) is 6.43. The van der Waals surface area contributed by atoms with E-state index in [-0.39, 0.29) is 5.97 Å². The van der Waals surface area contributed by atoms with Gasteiger partial charge in [0.1, 0.15) is 0 Å². The van der Waals surface area contributed by atoms with Crippen molar-refractivity contribution in [2.45, 2.75) is 24.3 Å². The predicted molar refractivity (Wildman–Crippen MR) is 121 cm³/mol. The number of carbonyl (C=O) groups is 1. The lowest BCUT2D eigenvalue weighted by Crippen LogP contribution is -2.01. The summed E-state index contributed by atoms with van der Waals surface area (Å²) in [5, 5.41) is 9.74. The van der Waals surface area contributed by atoms with E-state index < -0.39 is 0 Å². The van der Waals surface area contributed by atoms with E-state index in [1.807, 2.05) is 24.3 Å². The molecule has 6 nitrogen and oxygen atoms in total. The van der Waals surface area contributed by atoms with Crippen LogP contribution in [0.1, 0.15) is 28.4 Å². The van der Waals surface area contributed by atoms with Gasteiger partial charge in [0.05, 0.1) is 12.7 Å². The molecule has 31 heavy (non-hydrogen) atoms. The third-order valence-corrected chi connectivity index (χ3v) is 5.92.